The Morgan fingerprint density at radius 2 is 1.21 bits per heavy atom. The lowest BCUT2D eigenvalue weighted by atomic mass is 10.0. The average molecular weight is 403 g/mol. The van der Waals surface area contributed by atoms with Crippen molar-refractivity contribution >= 4 is 11.6 Å². The fourth-order valence-electron chi connectivity index (χ4n) is 3.85. The number of hydrogen-bond donors (Lipinski definition) is 1. The molecule has 1 aromatic carbocycles. The minimum Gasteiger partial charge on any atom is -0.312 e. The molecule has 1 N–H and O–H groups in total. The highest BCUT2D eigenvalue weighted by molar-refractivity contribution is 5.94. The van der Waals surface area contributed by atoms with Gasteiger partial charge in [0, 0.05) is 12.2 Å². The molecule has 0 radical (unpaired) electrons. The van der Waals surface area contributed by atoms with Gasteiger partial charge in [0.25, 0.3) is 0 Å². The highest BCUT2D eigenvalue weighted by Crippen LogP contribution is 2.14. The maximum Gasteiger partial charge on any atom is 0.240 e. The Kier molecular flexibility index (Phi) is 16.5. The van der Waals surface area contributed by atoms with E-state index in [0.717, 1.165) is 12.2 Å². The largest absolute Gasteiger partial charge is 0.312 e. The van der Waals surface area contributed by atoms with Gasteiger partial charge in [-0.25, -0.2) is 0 Å². The Hall–Kier alpha value is -1.35. The first kappa shape index (κ1) is 25.7. The number of nitrogens with one attached hydrogen (secondary N) is 1. The van der Waals surface area contributed by atoms with Gasteiger partial charge in [0.05, 0.1) is 6.54 Å². The van der Waals surface area contributed by atoms with Gasteiger partial charge in [-0.15, -0.1) is 0 Å². The number of carbonyl (C=O) groups is 1. The molecule has 0 unspecified atom stereocenters. The van der Waals surface area contributed by atoms with Gasteiger partial charge in [0.2, 0.25) is 5.91 Å². The highest BCUT2D eigenvalue weighted by atomic mass is 16.2. The smallest absolute Gasteiger partial charge is 0.240 e. The summed E-state index contributed by atoms with van der Waals surface area (Å²) in [5.41, 5.74) is 0.985. The summed E-state index contributed by atoms with van der Waals surface area (Å²) in [6.45, 7) is 6.39. The first-order valence-corrected chi connectivity index (χ1v) is 12.4. The molecule has 0 spiro atoms. The second kappa shape index (κ2) is 18.7. The summed E-state index contributed by atoms with van der Waals surface area (Å²) in [4.78, 5) is 14.2. The number of carbonyl (C=O) groups excluding carboxylic acids is 1. The van der Waals surface area contributed by atoms with Crippen LogP contribution in [0.15, 0.2) is 30.3 Å². The van der Waals surface area contributed by atoms with Crippen LogP contribution in [0.1, 0.15) is 104 Å². The molecule has 3 heteroatoms. The molecule has 0 fully saturated rings. The van der Waals surface area contributed by atoms with Crippen molar-refractivity contribution < 1.29 is 4.79 Å². The molecule has 0 aliphatic heterocycles. The quantitative estimate of drug-likeness (QED) is 0.250. The van der Waals surface area contributed by atoms with Crippen LogP contribution < -0.4 is 10.2 Å². The lowest BCUT2D eigenvalue weighted by Crippen LogP contribution is -2.38. The van der Waals surface area contributed by atoms with Crippen molar-refractivity contribution in [3.8, 4) is 0 Å². The zero-order chi connectivity index (χ0) is 21.0. The van der Waals surface area contributed by atoms with Crippen molar-refractivity contribution in [2.75, 3.05) is 24.5 Å². The van der Waals surface area contributed by atoms with E-state index in [4.69, 9.17) is 0 Å². The SMILES string of the molecule is CCCCCCCCCCCCCCCCNCC(=O)N(CC)c1ccccc1. The molecule has 0 aromatic heterocycles. The standard InChI is InChI=1S/C26H46N2O/c1-3-5-6-7-8-9-10-11-12-13-14-15-16-20-23-27-24-26(29)28(4-2)25-21-18-17-19-22-25/h17-19,21-22,27H,3-16,20,23-24H2,1-2H3. The molecule has 0 aliphatic carbocycles. The van der Waals surface area contributed by atoms with Gasteiger partial charge >= 0.3 is 0 Å². The molecule has 166 valence electrons. The van der Waals surface area contributed by atoms with Crippen molar-refractivity contribution in [3.05, 3.63) is 30.3 Å². The fourth-order valence-corrected chi connectivity index (χ4v) is 3.85. The van der Waals surface area contributed by atoms with Crippen LogP contribution in [0.5, 0.6) is 0 Å². The molecule has 0 atom stereocenters. The van der Waals surface area contributed by atoms with Gasteiger partial charge in [-0.1, -0.05) is 109 Å². The van der Waals surface area contributed by atoms with Crippen LogP contribution in [-0.2, 0) is 4.79 Å². The minimum absolute atomic E-state index is 0.157. The van der Waals surface area contributed by atoms with Crippen molar-refractivity contribution in [1.82, 2.24) is 5.32 Å². The van der Waals surface area contributed by atoms with Gasteiger partial charge in [-0.2, -0.15) is 0 Å². The zero-order valence-electron chi connectivity index (χ0n) is 19.3. The van der Waals surface area contributed by atoms with Gasteiger partial charge in [0.15, 0.2) is 0 Å². The molecule has 3 nitrogen and oxygen atoms in total. The molecule has 1 amide bonds. The van der Waals surface area contributed by atoms with Gasteiger partial charge < -0.3 is 10.2 Å². The third-order valence-corrected chi connectivity index (χ3v) is 5.67. The summed E-state index contributed by atoms with van der Waals surface area (Å²) >= 11 is 0. The molecule has 0 saturated carbocycles. The first-order chi connectivity index (χ1) is 14.3. The van der Waals surface area contributed by atoms with E-state index in [2.05, 4.69) is 12.2 Å². The Morgan fingerprint density at radius 3 is 1.69 bits per heavy atom. The maximum atomic E-state index is 12.4. The third kappa shape index (κ3) is 13.5. The Balaban J connectivity index is 1.88. The predicted molar refractivity (Wildman–Crippen MR) is 128 cm³/mol. The van der Waals surface area contributed by atoms with Crippen LogP contribution >= 0.6 is 0 Å². The van der Waals surface area contributed by atoms with Gasteiger partial charge in [-0.05, 0) is 32.0 Å². The monoisotopic (exact) mass is 402 g/mol. The third-order valence-electron chi connectivity index (χ3n) is 5.67. The number of amides is 1. The number of likely N-dealkylation sites (N-methyl/N-ethyl adjacent to an activating group) is 1. The molecule has 0 saturated heterocycles. The molecule has 0 heterocycles. The summed E-state index contributed by atoms with van der Waals surface area (Å²) in [6, 6.07) is 9.93. The topological polar surface area (TPSA) is 32.3 Å². The van der Waals surface area contributed by atoms with E-state index >= 15 is 0 Å². The molecule has 1 rings (SSSR count). The number of nitrogens with zero attached hydrogens (tertiary/aromatic N) is 1. The van der Waals surface area contributed by atoms with Gasteiger partial charge in [-0.3, -0.25) is 4.79 Å². The number of benzene rings is 1. The van der Waals surface area contributed by atoms with Crippen LogP contribution in [-0.4, -0.2) is 25.5 Å². The van der Waals surface area contributed by atoms with Crippen LogP contribution in [0.4, 0.5) is 5.69 Å². The van der Waals surface area contributed by atoms with Crippen LogP contribution in [0.3, 0.4) is 0 Å². The predicted octanol–water partition coefficient (Wildman–Crippen LogP) is 7.11. The summed E-state index contributed by atoms with van der Waals surface area (Å²) in [5.74, 6) is 0.157. The molecular formula is C26H46N2O. The van der Waals surface area contributed by atoms with Crippen molar-refractivity contribution in [2.24, 2.45) is 0 Å². The normalized spacial score (nSPS) is 11.0. The zero-order valence-corrected chi connectivity index (χ0v) is 19.3. The van der Waals surface area contributed by atoms with Gasteiger partial charge in [0.1, 0.15) is 0 Å². The number of hydrogen-bond acceptors (Lipinski definition) is 2. The Morgan fingerprint density at radius 1 is 0.724 bits per heavy atom. The molecule has 0 bridgehead atoms. The number of rotatable bonds is 19. The summed E-state index contributed by atoms with van der Waals surface area (Å²) in [6.07, 6.45) is 19.3. The summed E-state index contributed by atoms with van der Waals surface area (Å²) in [5, 5.41) is 3.32. The highest BCUT2D eigenvalue weighted by Gasteiger charge is 2.12. The lowest BCUT2D eigenvalue weighted by molar-refractivity contribution is -0.117. The number of unbranched alkanes of at least 4 members (excludes halogenated alkanes) is 13. The number of anilines is 1. The first-order valence-electron chi connectivity index (χ1n) is 12.4. The lowest BCUT2D eigenvalue weighted by Gasteiger charge is -2.21. The van der Waals surface area contributed by atoms with Crippen molar-refractivity contribution in [3.63, 3.8) is 0 Å². The Labute approximate surface area is 180 Å². The van der Waals surface area contributed by atoms with E-state index in [1.807, 2.05) is 42.2 Å². The molecular weight excluding hydrogens is 356 g/mol. The molecule has 29 heavy (non-hydrogen) atoms. The van der Waals surface area contributed by atoms with Crippen molar-refractivity contribution in [2.45, 2.75) is 104 Å². The van der Waals surface area contributed by atoms with Crippen LogP contribution in [0.25, 0.3) is 0 Å². The molecule has 1 aromatic rings. The fraction of sp³-hybridized carbons (Fsp3) is 0.731. The summed E-state index contributed by atoms with van der Waals surface area (Å²) < 4.78 is 0. The van der Waals surface area contributed by atoms with Crippen LogP contribution in [0.2, 0.25) is 0 Å². The van der Waals surface area contributed by atoms with E-state index in [9.17, 15) is 4.79 Å². The van der Waals surface area contributed by atoms with Crippen molar-refractivity contribution in [1.29, 1.82) is 0 Å². The van der Waals surface area contributed by atoms with E-state index < -0.39 is 0 Å². The Bertz CT molecular complexity index is 489. The minimum atomic E-state index is 0.157. The second-order valence-corrected chi connectivity index (χ2v) is 8.25. The van der Waals surface area contributed by atoms with E-state index in [-0.39, 0.29) is 5.91 Å². The van der Waals surface area contributed by atoms with E-state index in [1.54, 1.807) is 0 Å². The van der Waals surface area contributed by atoms with E-state index in [1.165, 1.54) is 89.9 Å². The second-order valence-electron chi connectivity index (χ2n) is 8.25. The maximum absolute atomic E-state index is 12.4. The summed E-state index contributed by atoms with van der Waals surface area (Å²) in [7, 11) is 0. The average Bonchev–Trinajstić information content (AvgIpc) is 2.74. The number of para-hydroxylation sites is 1. The van der Waals surface area contributed by atoms with Crippen LogP contribution in [0, 0.1) is 0 Å². The van der Waals surface area contributed by atoms with E-state index in [0.29, 0.717) is 13.1 Å². The molecule has 0 aliphatic rings.